The van der Waals surface area contributed by atoms with Crippen LogP contribution in [-0.4, -0.2) is 24.4 Å². The first kappa shape index (κ1) is 11.4. The Morgan fingerprint density at radius 1 is 1.53 bits per heavy atom. The summed E-state index contributed by atoms with van der Waals surface area (Å²) in [5, 5.41) is 3.01. The molecule has 78 valence electrons. The Labute approximate surface area is 89.9 Å². The first-order valence-electron chi connectivity index (χ1n) is 4.84. The molecule has 1 rings (SSSR count). The maximum absolute atomic E-state index is 11.0. The molecule has 3 heteroatoms. The summed E-state index contributed by atoms with van der Waals surface area (Å²) in [5.74, 6) is 5.95. The molecule has 0 atom stereocenters. The summed E-state index contributed by atoms with van der Waals surface area (Å²) in [5.41, 5.74) is 1.33. The Kier molecular flexibility index (Phi) is 4.52. The number of hydrogen-bond acceptors (Lipinski definition) is 3. The van der Waals surface area contributed by atoms with E-state index in [4.69, 9.17) is 0 Å². The van der Waals surface area contributed by atoms with E-state index in [0.29, 0.717) is 11.3 Å². The van der Waals surface area contributed by atoms with E-state index in [1.807, 2.05) is 7.05 Å². The number of carbonyl (C=O) groups is 1. The van der Waals surface area contributed by atoms with Gasteiger partial charge in [0.2, 0.25) is 0 Å². The lowest BCUT2D eigenvalue weighted by Crippen LogP contribution is -2.05. The predicted octanol–water partition coefficient (Wildman–Crippen LogP) is 1.25. The highest BCUT2D eigenvalue weighted by Crippen LogP contribution is 1.99. The van der Waals surface area contributed by atoms with Gasteiger partial charge in [-0.1, -0.05) is 5.92 Å². The highest BCUT2D eigenvalue weighted by Gasteiger charge is 1.97. The number of Topliss-reactive ketones (excluding diaryl/α,β-unsaturated/α-hetero) is 1. The van der Waals surface area contributed by atoms with Crippen LogP contribution in [0.3, 0.4) is 0 Å². The van der Waals surface area contributed by atoms with Gasteiger partial charge >= 0.3 is 0 Å². The van der Waals surface area contributed by atoms with Gasteiger partial charge in [0.25, 0.3) is 0 Å². The third-order valence-electron chi connectivity index (χ3n) is 1.89. The van der Waals surface area contributed by atoms with Gasteiger partial charge in [-0.25, -0.2) is 4.98 Å². The van der Waals surface area contributed by atoms with Gasteiger partial charge in [-0.2, -0.15) is 0 Å². The first-order chi connectivity index (χ1) is 7.24. The molecule has 1 aromatic rings. The van der Waals surface area contributed by atoms with Gasteiger partial charge in [0.05, 0.1) is 0 Å². The smallest absolute Gasteiger partial charge is 0.161 e. The van der Waals surface area contributed by atoms with Crippen LogP contribution in [0.5, 0.6) is 0 Å². The molecule has 0 aromatic carbocycles. The van der Waals surface area contributed by atoms with Crippen LogP contribution in [0.4, 0.5) is 0 Å². The minimum Gasteiger partial charge on any atom is -0.319 e. The topological polar surface area (TPSA) is 42.0 Å². The van der Waals surface area contributed by atoms with Gasteiger partial charge in [0.15, 0.2) is 5.78 Å². The van der Waals surface area contributed by atoms with E-state index in [2.05, 4.69) is 22.1 Å². The zero-order valence-electron chi connectivity index (χ0n) is 9.00. The van der Waals surface area contributed by atoms with E-state index < -0.39 is 0 Å². The second kappa shape index (κ2) is 5.94. The third-order valence-corrected chi connectivity index (χ3v) is 1.89. The van der Waals surface area contributed by atoms with E-state index in [9.17, 15) is 4.79 Å². The Balaban J connectivity index is 2.63. The molecule has 0 aliphatic carbocycles. The number of aromatic nitrogens is 1. The number of nitrogens with one attached hydrogen (secondary N) is 1. The van der Waals surface area contributed by atoms with Crippen molar-refractivity contribution in [3.8, 4) is 11.8 Å². The summed E-state index contributed by atoms with van der Waals surface area (Å²) in [6.45, 7) is 2.40. The van der Waals surface area contributed by atoms with Crippen LogP contribution in [0, 0.1) is 11.8 Å². The van der Waals surface area contributed by atoms with E-state index >= 15 is 0 Å². The van der Waals surface area contributed by atoms with Crippen LogP contribution in [0.25, 0.3) is 0 Å². The molecule has 3 nitrogen and oxygen atoms in total. The summed E-state index contributed by atoms with van der Waals surface area (Å²) >= 11 is 0. The average Bonchev–Trinajstić information content (AvgIpc) is 2.25. The summed E-state index contributed by atoms with van der Waals surface area (Å²) in [6, 6.07) is 3.51. The molecule has 0 radical (unpaired) electrons. The van der Waals surface area contributed by atoms with Crippen molar-refractivity contribution in [3.63, 3.8) is 0 Å². The zero-order chi connectivity index (χ0) is 11.1. The number of nitrogens with zero attached hydrogens (tertiary/aromatic N) is 1. The molecule has 1 N–H and O–H groups in total. The number of rotatable bonds is 3. The van der Waals surface area contributed by atoms with Crippen molar-refractivity contribution in [2.75, 3.05) is 13.6 Å². The van der Waals surface area contributed by atoms with E-state index in [0.717, 1.165) is 13.0 Å². The van der Waals surface area contributed by atoms with Gasteiger partial charge in [-0.3, -0.25) is 4.79 Å². The highest BCUT2D eigenvalue weighted by atomic mass is 16.1. The third kappa shape index (κ3) is 3.92. The molecule has 1 heterocycles. The average molecular weight is 202 g/mol. The molecule has 0 fully saturated rings. The van der Waals surface area contributed by atoms with Gasteiger partial charge in [-0.15, -0.1) is 0 Å². The Morgan fingerprint density at radius 3 is 2.87 bits per heavy atom. The first-order valence-corrected chi connectivity index (χ1v) is 4.84. The Morgan fingerprint density at radius 2 is 2.33 bits per heavy atom. The lowest BCUT2D eigenvalue weighted by atomic mass is 10.2. The molecule has 0 aliphatic heterocycles. The molecule has 0 unspecified atom stereocenters. The van der Waals surface area contributed by atoms with Crippen molar-refractivity contribution in [2.45, 2.75) is 13.3 Å². The second-order valence-corrected chi connectivity index (χ2v) is 3.14. The van der Waals surface area contributed by atoms with Crippen molar-refractivity contribution in [1.82, 2.24) is 10.3 Å². The molecular formula is C12H14N2O. The molecule has 0 amide bonds. The second-order valence-electron chi connectivity index (χ2n) is 3.14. The van der Waals surface area contributed by atoms with Crippen molar-refractivity contribution in [3.05, 3.63) is 29.6 Å². The van der Waals surface area contributed by atoms with E-state index in [-0.39, 0.29) is 5.78 Å². The van der Waals surface area contributed by atoms with E-state index in [1.54, 1.807) is 18.3 Å². The van der Waals surface area contributed by atoms with Gasteiger partial charge < -0.3 is 5.32 Å². The van der Waals surface area contributed by atoms with Crippen LogP contribution in [0.1, 0.15) is 29.4 Å². The summed E-state index contributed by atoms with van der Waals surface area (Å²) in [4.78, 5) is 15.1. The van der Waals surface area contributed by atoms with Crippen molar-refractivity contribution in [2.24, 2.45) is 0 Å². The van der Waals surface area contributed by atoms with Gasteiger partial charge in [0.1, 0.15) is 5.69 Å². The number of carbonyl (C=O) groups excluding carboxylic acids is 1. The van der Waals surface area contributed by atoms with Crippen LogP contribution < -0.4 is 5.32 Å². The van der Waals surface area contributed by atoms with Crippen LogP contribution in [0.15, 0.2) is 18.3 Å². The van der Waals surface area contributed by atoms with E-state index in [1.165, 1.54) is 6.92 Å². The lowest BCUT2D eigenvalue weighted by molar-refractivity contribution is 0.101. The molecular weight excluding hydrogens is 188 g/mol. The Hall–Kier alpha value is -1.66. The molecule has 0 bridgehead atoms. The lowest BCUT2D eigenvalue weighted by Gasteiger charge is -1.93. The fraction of sp³-hybridized carbons (Fsp3) is 0.333. The quantitative estimate of drug-likeness (QED) is 0.455. The van der Waals surface area contributed by atoms with Crippen LogP contribution >= 0.6 is 0 Å². The number of ketones is 1. The van der Waals surface area contributed by atoms with Crippen LogP contribution in [-0.2, 0) is 0 Å². The molecule has 0 saturated heterocycles. The maximum Gasteiger partial charge on any atom is 0.161 e. The predicted molar refractivity (Wildman–Crippen MR) is 59.7 cm³/mol. The molecule has 0 spiro atoms. The van der Waals surface area contributed by atoms with Gasteiger partial charge in [0, 0.05) is 24.7 Å². The summed E-state index contributed by atoms with van der Waals surface area (Å²) in [6.07, 6.45) is 2.36. The molecule has 0 aliphatic rings. The fourth-order valence-electron chi connectivity index (χ4n) is 1.02. The van der Waals surface area contributed by atoms with Crippen molar-refractivity contribution in [1.29, 1.82) is 0 Å². The number of pyridine rings is 1. The zero-order valence-corrected chi connectivity index (χ0v) is 9.00. The SMILES string of the molecule is CNCCC#Cc1ccc(C(C)=O)cn1. The van der Waals surface area contributed by atoms with Crippen molar-refractivity contribution < 1.29 is 4.79 Å². The largest absolute Gasteiger partial charge is 0.319 e. The summed E-state index contributed by atoms with van der Waals surface area (Å²) < 4.78 is 0. The van der Waals surface area contributed by atoms with Crippen LogP contribution in [0.2, 0.25) is 0 Å². The van der Waals surface area contributed by atoms with Gasteiger partial charge in [-0.05, 0) is 32.0 Å². The highest BCUT2D eigenvalue weighted by molar-refractivity contribution is 5.93. The minimum absolute atomic E-state index is 0.0252. The Bertz CT molecular complexity index is 384. The fourth-order valence-corrected chi connectivity index (χ4v) is 1.02. The standard InChI is InChI=1S/C12H14N2O/c1-10(15)11-6-7-12(14-9-11)5-3-4-8-13-2/h6-7,9,13H,4,8H2,1-2H3. The summed E-state index contributed by atoms with van der Waals surface area (Å²) in [7, 11) is 1.89. The number of hydrogen-bond donors (Lipinski definition) is 1. The molecule has 1 aromatic heterocycles. The minimum atomic E-state index is 0.0252. The monoisotopic (exact) mass is 202 g/mol. The maximum atomic E-state index is 11.0. The van der Waals surface area contributed by atoms with Crippen molar-refractivity contribution >= 4 is 5.78 Å². The molecule has 15 heavy (non-hydrogen) atoms. The normalized spacial score (nSPS) is 9.20. The molecule has 0 saturated carbocycles.